The molecule has 0 fully saturated rings. The Hall–Kier alpha value is -2.04. The molecule has 0 aliphatic heterocycles. The highest BCUT2D eigenvalue weighted by molar-refractivity contribution is 5.96. The normalized spacial score (nSPS) is 10.7. The van der Waals surface area contributed by atoms with Gasteiger partial charge in [0.1, 0.15) is 0 Å². The van der Waals surface area contributed by atoms with Gasteiger partial charge in [0.15, 0.2) is 0 Å². The summed E-state index contributed by atoms with van der Waals surface area (Å²) in [6.07, 6.45) is -0.532. The monoisotopic (exact) mass is 264 g/mol. The zero-order chi connectivity index (χ0) is 14.5. The Kier molecular flexibility index (Phi) is 4.92. The van der Waals surface area contributed by atoms with Gasteiger partial charge in [0.25, 0.3) is 5.91 Å². The average molecular weight is 264 g/mol. The van der Waals surface area contributed by atoms with E-state index in [9.17, 15) is 9.59 Å². The Labute approximate surface area is 113 Å². The molecule has 0 bridgehead atoms. The maximum atomic E-state index is 12.0. The van der Waals surface area contributed by atoms with Gasteiger partial charge in [0, 0.05) is 16.8 Å². The van der Waals surface area contributed by atoms with Gasteiger partial charge in [-0.05, 0) is 45.9 Å². The Morgan fingerprint density at radius 3 is 2.53 bits per heavy atom. The summed E-state index contributed by atoms with van der Waals surface area (Å²) in [4.78, 5) is 23.3. The SMILES string of the molecule is CCOC(=O)Nc1cccc(C(=O)NC(C)(C)C)c1. The van der Waals surface area contributed by atoms with Crippen molar-refractivity contribution in [1.82, 2.24) is 5.32 Å². The summed E-state index contributed by atoms with van der Waals surface area (Å²) in [6.45, 7) is 7.76. The van der Waals surface area contributed by atoms with Crippen molar-refractivity contribution >= 4 is 17.7 Å². The van der Waals surface area contributed by atoms with Gasteiger partial charge in [-0.2, -0.15) is 0 Å². The zero-order valence-electron chi connectivity index (χ0n) is 11.7. The molecule has 5 nitrogen and oxygen atoms in total. The Morgan fingerprint density at radius 2 is 1.95 bits per heavy atom. The summed E-state index contributed by atoms with van der Waals surface area (Å²) in [5, 5.41) is 5.42. The molecule has 5 heteroatoms. The van der Waals surface area contributed by atoms with Crippen LogP contribution in [0.5, 0.6) is 0 Å². The molecule has 0 aliphatic carbocycles. The van der Waals surface area contributed by atoms with Crippen molar-refractivity contribution in [1.29, 1.82) is 0 Å². The van der Waals surface area contributed by atoms with Crippen LogP contribution in [-0.4, -0.2) is 24.1 Å². The summed E-state index contributed by atoms with van der Waals surface area (Å²) >= 11 is 0. The Bertz CT molecular complexity index is 464. The zero-order valence-corrected chi connectivity index (χ0v) is 11.7. The molecule has 1 aromatic carbocycles. The minimum absolute atomic E-state index is 0.181. The molecule has 1 aromatic rings. The molecule has 2 N–H and O–H groups in total. The van der Waals surface area contributed by atoms with E-state index in [0.717, 1.165) is 0 Å². The molecule has 0 heterocycles. The molecule has 0 saturated carbocycles. The highest BCUT2D eigenvalue weighted by Crippen LogP contribution is 2.12. The maximum Gasteiger partial charge on any atom is 0.411 e. The number of ether oxygens (including phenoxy) is 1. The minimum atomic E-state index is -0.532. The van der Waals surface area contributed by atoms with Gasteiger partial charge in [0.2, 0.25) is 0 Å². The first-order valence-corrected chi connectivity index (χ1v) is 6.18. The van der Waals surface area contributed by atoms with Crippen LogP contribution in [-0.2, 0) is 4.74 Å². The van der Waals surface area contributed by atoms with Crippen molar-refractivity contribution in [3.63, 3.8) is 0 Å². The predicted molar refractivity (Wildman–Crippen MR) is 74.3 cm³/mol. The molecule has 104 valence electrons. The average Bonchev–Trinajstić information content (AvgIpc) is 2.27. The maximum absolute atomic E-state index is 12.0. The molecule has 0 radical (unpaired) electrons. The van der Waals surface area contributed by atoms with Crippen LogP contribution in [0.4, 0.5) is 10.5 Å². The molecule has 0 spiro atoms. The van der Waals surface area contributed by atoms with Crippen LogP contribution in [0, 0.1) is 0 Å². The fourth-order valence-electron chi connectivity index (χ4n) is 1.44. The Morgan fingerprint density at radius 1 is 1.26 bits per heavy atom. The van der Waals surface area contributed by atoms with Crippen LogP contribution in [0.3, 0.4) is 0 Å². The van der Waals surface area contributed by atoms with Gasteiger partial charge in [-0.3, -0.25) is 10.1 Å². The van der Waals surface area contributed by atoms with E-state index in [4.69, 9.17) is 4.74 Å². The summed E-state index contributed by atoms with van der Waals surface area (Å²) in [5.74, 6) is -0.181. The van der Waals surface area contributed by atoms with E-state index in [1.165, 1.54) is 0 Å². The number of carbonyl (C=O) groups excluding carboxylic acids is 2. The number of benzene rings is 1. The van der Waals surface area contributed by atoms with E-state index in [2.05, 4.69) is 10.6 Å². The number of nitrogens with one attached hydrogen (secondary N) is 2. The van der Waals surface area contributed by atoms with Crippen LogP contribution in [0.15, 0.2) is 24.3 Å². The third-order valence-electron chi connectivity index (χ3n) is 2.14. The summed E-state index contributed by atoms with van der Waals surface area (Å²) < 4.78 is 4.78. The van der Waals surface area contributed by atoms with Crippen LogP contribution < -0.4 is 10.6 Å². The molecule has 19 heavy (non-hydrogen) atoms. The predicted octanol–water partition coefficient (Wildman–Crippen LogP) is 2.78. The molecule has 0 aliphatic rings. The largest absolute Gasteiger partial charge is 0.450 e. The van der Waals surface area contributed by atoms with Crippen molar-refractivity contribution in [2.45, 2.75) is 33.2 Å². The van der Waals surface area contributed by atoms with Crippen molar-refractivity contribution in [2.75, 3.05) is 11.9 Å². The molecule has 2 amide bonds. The first kappa shape index (κ1) is 15.0. The molecule has 0 aromatic heterocycles. The summed E-state index contributed by atoms with van der Waals surface area (Å²) in [5.41, 5.74) is 0.714. The first-order valence-electron chi connectivity index (χ1n) is 6.18. The lowest BCUT2D eigenvalue weighted by molar-refractivity contribution is 0.0919. The number of anilines is 1. The van der Waals surface area contributed by atoms with E-state index in [0.29, 0.717) is 17.9 Å². The second-order valence-corrected chi connectivity index (χ2v) is 5.13. The van der Waals surface area contributed by atoms with Gasteiger partial charge in [-0.15, -0.1) is 0 Å². The minimum Gasteiger partial charge on any atom is -0.450 e. The molecule has 1 rings (SSSR count). The van der Waals surface area contributed by atoms with E-state index < -0.39 is 6.09 Å². The Balaban J connectivity index is 2.77. The second-order valence-electron chi connectivity index (χ2n) is 5.13. The third kappa shape index (κ3) is 5.42. The van der Waals surface area contributed by atoms with Crippen molar-refractivity contribution in [3.8, 4) is 0 Å². The quantitative estimate of drug-likeness (QED) is 0.882. The van der Waals surface area contributed by atoms with E-state index in [-0.39, 0.29) is 11.4 Å². The van der Waals surface area contributed by atoms with E-state index in [1.807, 2.05) is 20.8 Å². The second kappa shape index (κ2) is 6.22. The van der Waals surface area contributed by atoms with Gasteiger partial charge < -0.3 is 10.1 Å². The molecular weight excluding hydrogens is 244 g/mol. The van der Waals surface area contributed by atoms with Crippen molar-refractivity contribution in [2.24, 2.45) is 0 Å². The van der Waals surface area contributed by atoms with Gasteiger partial charge in [-0.25, -0.2) is 4.79 Å². The van der Waals surface area contributed by atoms with E-state index >= 15 is 0 Å². The highest BCUT2D eigenvalue weighted by Gasteiger charge is 2.15. The standard InChI is InChI=1S/C14H20N2O3/c1-5-19-13(18)15-11-8-6-7-10(9-11)12(17)16-14(2,3)4/h6-9H,5H2,1-4H3,(H,15,18)(H,16,17). The van der Waals surface area contributed by atoms with Crippen LogP contribution in [0.1, 0.15) is 38.1 Å². The lowest BCUT2D eigenvalue weighted by atomic mass is 10.1. The topological polar surface area (TPSA) is 67.4 Å². The highest BCUT2D eigenvalue weighted by atomic mass is 16.5. The number of hydrogen-bond donors (Lipinski definition) is 2. The molecule has 0 saturated heterocycles. The van der Waals surface area contributed by atoms with Gasteiger partial charge >= 0.3 is 6.09 Å². The summed E-state index contributed by atoms with van der Waals surface area (Å²) in [7, 11) is 0. The van der Waals surface area contributed by atoms with Crippen molar-refractivity contribution < 1.29 is 14.3 Å². The number of hydrogen-bond acceptors (Lipinski definition) is 3. The fourth-order valence-corrected chi connectivity index (χ4v) is 1.44. The number of amides is 2. The fraction of sp³-hybridized carbons (Fsp3) is 0.429. The number of rotatable bonds is 3. The first-order chi connectivity index (χ1) is 8.81. The lowest BCUT2D eigenvalue weighted by Gasteiger charge is -2.20. The van der Waals surface area contributed by atoms with Crippen molar-refractivity contribution in [3.05, 3.63) is 29.8 Å². The lowest BCUT2D eigenvalue weighted by Crippen LogP contribution is -2.40. The van der Waals surface area contributed by atoms with Crippen LogP contribution in [0.2, 0.25) is 0 Å². The van der Waals surface area contributed by atoms with Crippen LogP contribution >= 0.6 is 0 Å². The van der Waals surface area contributed by atoms with E-state index in [1.54, 1.807) is 31.2 Å². The molecule has 0 unspecified atom stereocenters. The van der Waals surface area contributed by atoms with Crippen LogP contribution in [0.25, 0.3) is 0 Å². The third-order valence-corrected chi connectivity index (χ3v) is 2.14. The number of carbonyl (C=O) groups is 2. The summed E-state index contributed by atoms with van der Waals surface area (Å²) in [6, 6.07) is 6.71. The van der Waals surface area contributed by atoms with Gasteiger partial charge in [0.05, 0.1) is 6.61 Å². The molecule has 0 atom stereocenters. The smallest absolute Gasteiger partial charge is 0.411 e. The molecular formula is C14H20N2O3. The van der Waals surface area contributed by atoms with Gasteiger partial charge in [-0.1, -0.05) is 6.07 Å².